The number of nitrogens with one attached hydrogen (secondary N) is 1. The Morgan fingerprint density at radius 1 is 1.44 bits per heavy atom. The van der Waals surface area contributed by atoms with Crippen molar-refractivity contribution in [2.75, 3.05) is 20.3 Å². The normalized spacial score (nSPS) is 9.89. The number of methoxy groups -OCH3 is 1. The molecule has 1 aromatic carbocycles. The maximum absolute atomic E-state index is 11.7. The van der Waals surface area contributed by atoms with Gasteiger partial charge in [-0.2, -0.15) is 0 Å². The first-order valence-electron chi connectivity index (χ1n) is 5.47. The number of ether oxygens (including phenoxy) is 1. The standard InChI is InChI=1S/C12H16N2O4/c1-18-10-7-8(3-4-9(10)11(13)16)12(17)14-5-2-6-15/h3-4,7,15H,2,5-6H2,1H3,(H2,13,16)(H,14,17). The van der Waals surface area contributed by atoms with Crippen LogP contribution in [-0.4, -0.2) is 37.2 Å². The van der Waals surface area contributed by atoms with Crippen LogP contribution in [0.25, 0.3) is 0 Å². The second-order valence-electron chi connectivity index (χ2n) is 3.61. The fourth-order valence-electron chi connectivity index (χ4n) is 1.42. The Bertz CT molecular complexity index is 446. The summed E-state index contributed by atoms with van der Waals surface area (Å²) in [6, 6.07) is 4.40. The number of hydrogen-bond acceptors (Lipinski definition) is 4. The molecule has 0 aliphatic carbocycles. The molecule has 6 heteroatoms. The van der Waals surface area contributed by atoms with Gasteiger partial charge < -0.3 is 20.9 Å². The van der Waals surface area contributed by atoms with Gasteiger partial charge in [0, 0.05) is 18.7 Å². The minimum atomic E-state index is -0.612. The third-order valence-corrected chi connectivity index (χ3v) is 2.35. The van der Waals surface area contributed by atoms with Gasteiger partial charge in [-0.25, -0.2) is 0 Å². The molecule has 4 N–H and O–H groups in total. The third-order valence-electron chi connectivity index (χ3n) is 2.35. The van der Waals surface area contributed by atoms with Gasteiger partial charge in [0.05, 0.1) is 12.7 Å². The lowest BCUT2D eigenvalue weighted by Crippen LogP contribution is -2.25. The van der Waals surface area contributed by atoms with Gasteiger partial charge in [-0.15, -0.1) is 0 Å². The van der Waals surface area contributed by atoms with Crippen LogP contribution in [0.2, 0.25) is 0 Å². The Hall–Kier alpha value is -2.08. The van der Waals surface area contributed by atoms with Crippen LogP contribution in [-0.2, 0) is 0 Å². The highest BCUT2D eigenvalue weighted by molar-refractivity contribution is 5.99. The highest BCUT2D eigenvalue weighted by atomic mass is 16.5. The SMILES string of the molecule is COc1cc(C(=O)NCCCO)ccc1C(N)=O. The van der Waals surface area contributed by atoms with Crippen LogP contribution in [0.5, 0.6) is 5.75 Å². The van der Waals surface area contributed by atoms with E-state index in [0.717, 1.165) is 0 Å². The van der Waals surface area contributed by atoms with E-state index in [9.17, 15) is 9.59 Å². The summed E-state index contributed by atoms with van der Waals surface area (Å²) in [4.78, 5) is 22.8. The van der Waals surface area contributed by atoms with E-state index in [1.54, 1.807) is 0 Å². The van der Waals surface area contributed by atoms with Crippen LogP contribution in [0.4, 0.5) is 0 Å². The Morgan fingerprint density at radius 3 is 2.72 bits per heavy atom. The van der Waals surface area contributed by atoms with E-state index in [1.807, 2.05) is 0 Å². The number of rotatable bonds is 6. The molecule has 0 radical (unpaired) electrons. The zero-order valence-electron chi connectivity index (χ0n) is 10.1. The van der Waals surface area contributed by atoms with Crippen molar-refractivity contribution in [3.8, 4) is 5.75 Å². The molecule has 6 nitrogen and oxygen atoms in total. The van der Waals surface area contributed by atoms with Crippen molar-refractivity contribution >= 4 is 11.8 Å². The lowest BCUT2D eigenvalue weighted by Gasteiger charge is -2.08. The Kier molecular flexibility index (Phi) is 5.13. The average Bonchev–Trinajstić information content (AvgIpc) is 2.37. The number of aliphatic hydroxyl groups excluding tert-OH is 1. The number of aliphatic hydroxyl groups is 1. The van der Waals surface area contributed by atoms with Gasteiger partial charge in [0.15, 0.2) is 0 Å². The first-order valence-corrected chi connectivity index (χ1v) is 5.47. The molecule has 2 amide bonds. The monoisotopic (exact) mass is 252 g/mol. The van der Waals surface area contributed by atoms with Crippen molar-refractivity contribution < 1.29 is 19.4 Å². The molecule has 0 heterocycles. The van der Waals surface area contributed by atoms with Gasteiger partial charge in [-0.1, -0.05) is 0 Å². The fraction of sp³-hybridized carbons (Fsp3) is 0.333. The number of benzene rings is 1. The second kappa shape index (κ2) is 6.61. The van der Waals surface area contributed by atoms with Gasteiger partial charge in [0.25, 0.3) is 11.8 Å². The first kappa shape index (κ1) is 14.0. The van der Waals surface area contributed by atoms with Gasteiger partial charge in [-0.05, 0) is 24.6 Å². The van der Waals surface area contributed by atoms with Crippen LogP contribution >= 0.6 is 0 Å². The van der Waals surface area contributed by atoms with Gasteiger partial charge in [0.1, 0.15) is 5.75 Å². The molecular weight excluding hydrogens is 236 g/mol. The molecule has 0 bridgehead atoms. The minimum absolute atomic E-state index is 0.0181. The summed E-state index contributed by atoms with van der Waals surface area (Å²) in [5, 5.41) is 11.2. The van der Waals surface area contributed by atoms with E-state index in [4.69, 9.17) is 15.6 Å². The molecule has 1 aromatic rings. The molecule has 0 aliphatic rings. The summed E-state index contributed by atoms with van der Waals surface area (Å²) in [5.41, 5.74) is 5.76. The molecular formula is C12H16N2O4. The third kappa shape index (κ3) is 3.46. The molecule has 18 heavy (non-hydrogen) atoms. The zero-order valence-corrected chi connectivity index (χ0v) is 10.1. The summed E-state index contributed by atoms with van der Waals surface area (Å²) in [6.45, 7) is 0.402. The predicted octanol–water partition coefficient (Wildman–Crippen LogP) is -0.0937. The number of amides is 2. The van der Waals surface area contributed by atoms with E-state index in [2.05, 4.69) is 5.32 Å². The van der Waals surface area contributed by atoms with Gasteiger partial charge in [0.2, 0.25) is 0 Å². The summed E-state index contributed by atoms with van der Waals surface area (Å²) >= 11 is 0. The molecule has 0 spiro atoms. The maximum Gasteiger partial charge on any atom is 0.252 e. The van der Waals surface area contributed by atoms with E-state index >= 15 is 0 Å². The molecule has 0 aliphatic heterocycles. The molecule has 0 saturated heterocycles. The van der Waals surface area contributed by atoms with Crippen molar-refractivity contribution in [1.29, 1.82) is 0 Å². The predicted molar refractivity (Wildman–Crippen MR) is 65.5 cm³/mol. The molecule has 0 unspecified atom stereocenters. The summed E-state index contributed by atoms with van der Waals surface area (Å²) in [6.07, 6.45) is 0.488. The highest BCUT2D eigenvalue weighted by Gasteiger charge is 2.12. The molecule has 0 atom stereocenters. The zero-order chi connectivity index (χ0) is 13.5. The van der Waals surface area contributed by atoms with Crippen LogP contribution in [0.1, 0.15) is 27.1 Å². The van der Waals surface area contributed by atoms with Crippen LogP contribution in [0.15, 0.2) is 18.2 Å². The Labute approximate surface area is 105 Å². The van der Waals surface area contributed by atoms with Crippen LogP contribution < -0.4 is 15.8 Å². The van der Waals surface area contributed by atoms with E-state index in [-0.39, 0.29) is 23.8 Å². The number of primary amides is 1. The Morgan fingerprint density at radius 2 is 2.17 bits per heavy atom. The minimum Gasteiger partial charge on any atom is -0.496 e. The molecule has 0 fully saturated rings. The molecule has 0 aromatic heterocycles. The summed E-state index contributed by atoms with van der Waals surface area (Å²) in [7, 11) is 1.40. The van der Waals surface area contributed by atoms with E-state index < -0.39 is 5.91 Å². The number of hydrogen-bond donors (Lipinski definition) is 3. The molecule has 98 valence electrons. The van der Waals surface area contributed by atoms with Gasteiger partial charge >= 0.3 is 0 Å². The quantitative estimate of drug-likeness (QED) is 0.615. The van der Waals surface area contributed by atoms with Gasteiger partial charge in [-0.3, -0.25) is 9.59 Å². The molecule has 0 saturated carbocycles. The smallest absolute Gasteiger partial charge is 0.252 e. The largest absolute Gasteiger partial charge is 0.496 e. The van der Waals surface area contributed by atoms with Crippen molar-refractivity contribution in [2.45, 2.75) is 6.42 Å². The van der Waals surface area contributed by atoms with Crippen LogP contribution in [0.3, 0.4) is 0 Å². The maximum atomic E-state index is 11.7. The van der Waals surface area contributed by atoms with E-state index in [0.29, 0.717) is 18.5 Å². The first-order chi connectivity index (χ1) is 8.60. The summed E-state index contributed by atoms with van der Waals surface area (Å²) in [5.74, 6) is -0.644. The topological polar surface area (TPSA) is 102 Å². The second-order valence-corrected chi connectivity index (χ2v) is 3.61. The van der Waals surface area contributed by atoms with Crippen LogP contribution in [0, 0.1) is 0 Å². The molecule has 1 rings (SSSR count). The number of nitrogens with two attached hydrogens (primary N) is 1. The van der Waals surface area contributed by atoms with Crippen molar-refractivity contribution in [3.63, 3.8) is 0 Å². The van der Waals surface area contributed by atoms with E-state index in [1.165, 1.54) is 25.3 Å². The number of carbonyl (C=O) groups excluding carboxylic acids is 2. The Balaban J connectivity index is 2.85. The lowest BCUT2D eigenvalue weighted by atomic mass is 10.1. The highest BCUT2D eigenvalue weighted by Crippen LogP contribution is 2.19. The van der Waals surface area contributed by atoms with Crippen molar-refractivity contribution in [3.05, 3.63) is 29.3 Å². The average molecular weight is 252 g/mol. The van der Waals surface area contributed by atoms with Crippen molar-refractivity contribution in [2.24, 2.45) is 5.73 Å². The lowest BCUT2D eigenvalue weighted by molar-refractivity contribution is 0.0947. The fourth-order valence-corrected chi connectivity index (χ4v) is 1.42. The summed E-state index contributed by atoms with van der Waals surface area (Å²) < 4.78 is 5.00. The number of carbonyl (C=O) groups is 2. The van der Waals surface area contributed by atoms with Crippen molar-refractivity contribution in [1.82, 2.24) is 5.32 Å².